The standard InChI is InChI=1S/C26H22BrClN2O2S/c1-14-7-5-8-15(2)22(14)29-26-30(23-16(3)9-6-10-17(23)4)25(32)21(33-26)12-18-11-19(28)13-20(27)24(18)31/h5-13,31H,1-4H3. The molecule has 1 fully saturated rings. The molecule has 0 atom stereocenters. The van der Waals surface area contributed by atoms with Crippen LogP contribution in [0.5, 0.6) is 5.75 Å². The van der Waals surface area contributed by atoms with Gasteiger partial charge in [0, 0.05) is 10.6 Å². The molecule has 0 radical (unpaired) electrons. The van der Waals surface area contributed by atoms with E-state index < -0.39 is 0 Å². The molecule has 3 aromatic rings. The molecule has 0 aromatic heterocycles. The third kappa shape index (κ3) is 4.60. The Morgan fingerprint density at radius 3 is 2.18 bits per heavy atom. The van der Waals surface area contributed by atoms with Gasteiger partial charge in [-0.3, -0.25) is 9.69 Å². The van der Waals surface area contributed by atoms with Crippen molar-refractivity contribution in [3.05, 3.63) is 90.7 Å². The summed E-state index contributed by atoms with van der Waals surface area (Å²) in [5.74, 6) is -0.169. The first kappa shape index (κ1) is 23.6. The number of para-hydroxylation sites is 2. The number of anilines is 1. The maximum atomic E-state index is 13.7. The molecule has 1 heterocycles. The second-order valence-electron chi connectivity index (χ2n) is 7.95. The monoisotopic (exact) mass is 540 g/mol. The summed E-state index contributed by atoms with van der Waals surface area (Å²) in [6.45, 7) is 7.99. The molecule has 3 aromatic carbocycles. The van der Waals surface area contributed by atoms with E-state index in [0.29, 0.717) is 25.1 Å². The zero-order valence-corrected chi connectivity index (χ0v) is 21.8. The Kier molecular flexibility index (Phi) is 6.71. The first-order valence-electron chi connectivity index (χ1n) is 10.3. The van der Waals surface area contributed by atoms with Crippen molar-refractivity contribution in [3.8, 4) is 5.75 Å². The summed E-state index contributed by atoms with van der Waals surface area (Å²) in [5.41, 5.74) is 6.15. The SMILES string of the molecule is Cc1cccc(C)c1N=C1SC(=Cc2cc(Cl)cc(Br)c2O)C(=O)N1c1c(C)cccc1C. The Labute approximate surface area is 211 Å². The third-order valence-electron chi connectivity index (χ3n) is 5.46. The molecule has 1 saturated heterocycles. The van der Waals surface area contributed by atoms with Gasteiger partial charge in [-0.2, -0.15) is 0 Å². The topological polar surface area (TPSA) is 52.9 Å². The van der Waals surface area contributed by atoms with Crippen LogP contribution >= 0.6 is 39.3 Å². The van der Waals surface area contributed by atoms with Crippen molar-refractivity contribution < 1.29 is 9.90 Å². The van der Waals surface area contributed by atoms with Crippen molar-refractivity contribution in [2.45, 2.75) is 27.7 Å². The lowest BCUT2D eigenvalue weighted by molar-refractivity contribution is -0.113. The van der Waals surface area contributed by atoms with Crippen molar-refractivity contribution in [1.29, 1.82) is 0 Å². The van der Waals surface area contributed by atoms with Crippen LogP contribution in [-0.4, -0.2) is 16.2 Å². The number of phenolic OH excluding ortho intramolecular Hbond substituents is 1. The van der Waals surface area contributed by atoms with Gasteiger partial charge in [0.25, 0.3) is 5.91 Å². The third-order valence-corrected chi connectivity index (χ3v) is 7.25. The van der Waals surface area contributed by atoms with Crippen LogP contribution < -0.4 is 4.90 Å². The van der Waals surface area contributed by atoms with Crippen LogP contribution in [0, 0.1) is 27.7 Å². The summed E-state index contributed by atoms with van der Waals surface area (Å²) in [6, 6.07) is 15.2. The molecule has 168 valence electrons. The lowest BCUT2D eigenvalue weighted by atomic mass is 10.1. The Bertz CT molecular complexity index is 1310. The number of thioether (sulfide) groups is 1. The minimum Gasteiger partial charge on any atom is -0.506 e. The normalized spacial score (nSPS) is 16.3. The fourth-order valence-electron chi connectivity index (χ4n) is 3.82. The van der Waals surface area contributed by atoms with Gasteiger partial charge in [0.1, 0.15) is 5.75 Å². The average molecular weight is 542 g/mol. The molecule has 0 spiro atoms. The van der Waals surface area contributed by atoms with Crippen molar-refractivity contribution in [2.75, 3.05) is 4.90 Å². The minimum absolute atomic E-state index is 0.0269. The number of carbonyl (C=O) groups excluding carboxylic acids is 1. The molecule has 7 heteroatoms. The molecule has 33 heavy (non-hydrogen) atoms. The van der Waals surface area contributed by atoms with Gasteiger partial charge in [-0.05, 0) is 95.8 Å². The first-order chi connectivity index (χ1) is 15.7. The van der Waals surface area contributed by atoms with E-state index in [2.05, 4.69) is 15.9 Å². The Balaban J connectivity index is 1.91. The zero-order chi connectivity index (χ0) is 23.9. The second-order valence-corrected chi connectivity index (χ2v) is 10.3. The summed E-state index contributed by atoms with van der Waals surface area (Å²) >= 11 is 10.8. The van der Waals surface area contributed by atoms with E-state index in [4.69, 9.17) is 16.6 Å². The zero-order valence-electron chi connectivity index (χ0n) is 18.6. The maximum Gasteiger partial charge on any atom is 0.271 e. The number of benzene rings is 3. The summed E-state index contributed by atoms with van der Waals surface area (Å²) in [7, 11) is 0. The lowest BCUT2D eigenvalue weighted by Crippen LogP contribution is -2.30. The number of hydrogen-bond acceptors (Lipinski definition) is 4. The number of carbonyl (C=O) groups is 1. The predicted molar refractivity (Wildman–Crippen MR) is 143 cm³/mol. The molecule has 0 aliphatic carbocycles. The van der Waals surface area contributed by atoms with Gasteiger partial charge in [0.15, 0.2) is 5.17 Å². The number of aromatic hydroxyl groups is 1. The Hall–Kier alpha value is -2.54. The van der Waals surface area contributed by atoms with Gasteiger partial charge >= 0.3 is 0 Å². The van der Waals surface area contributed by atoms with E-state index in [0.717, 1.165) is 33.6 Å². The summed E-state index contributed by atoms with van der Waals surface area (Å²) in [6.07, 6.45) is 1.66. The number of halogens is 2. The number of amidine groups is 1. The molecule has 4 rings (SSSR count). The highest BCUT2D eigenvalue weighted by Crippen LogP contribution is 2.42. The minimum atomic E-state index is -0.196. The number of rotatable bonds is 3. The number of nitrogens with zero attached hydrogens (tertiary/aromatic N) is 2. The molecule has 4 nitrogen and oxygen atoms in total. The highest BCUT2D eigenvalue weighted by atomic mass is 79.9. The summed E-state index contributed by atoms with van der Waals surface area (Å²) in [5, 5.41) is 11.5. The Morgan fingerprint density at radius 1 is 1.00 bits per heavy atom. The molecule has 1 aliphatic rings. The number of aliphatic imine (C=N–C) groups is 1. The van der Waals surface area contributed by atoms with Crippen molar-refractivity contribution in [1.82, 2.24) is 0 Å². The molecule has 0 bridgehead atoms. The van der Waals surface area contributed by atoms with Gasteiger partial charge in [-0.25, -0.2) is 4.99 Å². The van der Waals surface area contributed by atoms with Gasteiger partial charge < -0.3 is 5.11 Å². The first-order valence-corrected chi connectivity index (χ1v) is 12.3. The van der Waals surface area contributed by atoms with Gasteiger partial charge in [-0.1, -0.05) is 48.0 Å². The fraction of sp³-hybridized carbons (Fsp3) is 0.154. The van der Waals surface area contributed by atoms with E-state index in [1.54, 1.807) is 23.1 Å². The Morgan fingerprint density at radius 2 is 1.58 bits per heavy atom. The van der Waals surface area contributed by atoms with E-state index >= 15 is 0 Å². The molecule has 1 amide bonds. The average Bonchev–Trinajstić information content (AvgIpc) is 3.04. The van der Waals surface area contributed by atoms with Gasteiger partial charge in [-0.15, -0.1) is 0 Å². The highest BCUT2D eigenvalue weighted by molar-refractivity contribution is 9.10. The molecule has 1 aliphatic heterocycles. The van der Waals surface area contributed by atoms with Crippen LogP contribution in [0.15, 0.2) is 62.9 Å². The molecule has 0 saturated carbocycles. The van der Waals surface area contributed by atoms with Crippen LogP contribution in [0.2, 0.25) is 5.02 Å². The number of amides is 1. The maximum absolute atomic E-state index is 13.7. The number of hydrogen-bond donors (Lipinski definition) is 1. The van der Waals surface area contributed by atoms with E-state index in [9.17, 15) is 9.90 Å². The van der Waals surface area contributed by atoms with Crippen molar-refractivity contribution >= 4 is 67.8 Å². The van der Waals surface area contributed by atoms with Crippen molar-refractivity contribution in [2.24, 2.45) is 4.99 Å². The molecular formula is C26H22BrClN2O2S. The molecule has 0 unspecified atom stereocenters. The van der Waals surface area contributed by atoms with E-state index in [-0.39, 0.29) is 11.7 Å². The largest absolute Gasteiger partial charge is 0.506 e. The molecule has 1 N–H and O–H groups in total. The van der Waals surface area contributed by atoms with Crippen LogP contribution in [0.4, 0.5) is 11.4 Å². The number of aryl methyl sites for hydroxylation is 4. The predicted octanol–water partition coefficient (Wildman–Crippen LogP) is 7.85. The molecular weight excluding hydrogens is 520 g/mol. The summed E-state index contributed by atoms with van der Waals surface area (Å²) in [4.78, 5) is 20.8. The quantitative estimate of drug-likeness (QED) is 0.344. The fourth-order valence-corrected chi connectivity index (χ4v) is 5.62. The number of phenols is 1. The van der Waals surface area contributed by atoms with Crippen molar-refractivity contribution in [3.63, 3.8) is 0 Å². The van der Waals surface area contributed by atoms with E-state index in [1.807, 2.05) is 64.1 Å². The summed E-state index contributed by atoms with van der Waals surface area (Å²) < 4.78 is 0.466. The van der Waals surface area contributed by atoms with Crippen LogP contribution in [0.3, 0.4) is 0 Å². The van der Waals surface area contributed by atoms with Crippen LogP contribution in [0.1, 0.15) is 27.8 Å². The van der Waals surface area contributed by atoms with Crippen LogP contribution in [0.25, 0.3) is 6.08 Å². The second kappa shape index (κ2) is 9.37. The highest BCUT2D eigenvalue weighted by Gasteiger charge is 2.36. The smallest absolute Gasteiger partial charge is 0.271 e. The van der Waals surface area contributed by atoms with Gasteiger partial charge in [0.05, 0.1) is 20.8 Å². The van der Waals surface area contributed by atoms with Crippen LogP contribution in [-0.2, 0) is 4.79 Å². The van der Waals surface area contributed by atoms with E-state index in [1.165, 1.54) is 11.8 Å². The van der Waals surface area contributed by atoms with Gasteiger partial charge in [0.2, 0.25) is 0 Å². The lowest BCUT2D eigenvalue weighted by Gasteiger charge is -2.21.